The molecule has 25 heavy (non-hydrogen) atoms. The van der Waals surface area contributed by atoms with Crippen LogP contribution in [0.4, 0.5) is 0 Å². The number of amides is 1. The lowest BCUT2D eigenvalue weighted by Crippen LogP contribution is -2.47. The number of halogens is 1. The Kier molecular flexibility index (Phi) is 5.17. The standard InChI is InChI=1S/C19H22BrN3OS/c20-15-10-21-22(11-15)18-8-16-6-7-17(9-18)23(16)19(24)13-25-12-14-4-2-1-3-5-14/h1-5,10-11,16-18H,6-9,12-13H2. The van der Waals surface area contributed by atoms with Crippen LogP contribution in [0.3, 0.4) is 0 Å². The molecule has 132 valence electrons. The lowest BCUT2D eigenvalue weighted by Gasteiger charge is -2.39. The Morgan fingerprint density at radius 3 is 2.52 bits per heavy atom. The van der Waals surface area contributed by atoms with Crippen LogP contribution in [0.15, 0.2) is 47.2 Å². The minimum Gasteiger partial charge on any atom is -0.336 e. The smallest absolute Gasteiger partial charge is 0.233 e. The molecule has 2 fully saturated rings. The first-order chi connectivity index (χ1) is 12.2. The van der Waals surface area contributed by atoms with E-state index in [0.717, 1.165) is 35.9 Å². The number of fused-ring (bicyclic) bond motifs is 2. The lowest BCUT2D eigenvalue weighted by molar-refractivity contribution is -0.133. The summed E-state index contributed by atoms with van der Waals surface area (Å²) in [5.41, 5.74) is 1.28. The molecule has 2 saturated heterocycles. The second kappa shape index (κ2) is 7.54. The first-order valence-electron chi connectivity index (χ1n) is 8.83. The fourth-order valence-corrected chi connectivity index (χ4v) is 5.35. The number of hydrogen-bond acceptors (Lipinski definition) is 3. The van der Waals surface area contributed by atoms with Crippen molar-refractivity contribution in [3.05, 3.63) is 52.8 Å². The molecule has 0 radical (unpaired) electrons. The van der Waals surface area contributed by atoms with Gasteiger partial charge in [-0.25, -0.2) is 0 Å². The Bertz CT molecular complexity index is 721. The average Bonchev–Trinajstić information content (AvgIpc) is 3.17. The molecule has 4 nitrogen and oxygen atoms in total. The summed E-state index contributed by atoms with van der Waals surface area (Å²) < 4.78 is 3.09. The molecule has 2 aliphatic heterocycles. The molecule has 2 unspecified atom stereocenters. The number of piperidine rings is 1. The van der Waals surface area contributed by atoms with Gasteiger partial charge in [0.25, 0.3) is 0 Å². The zero-order chi connectivity index (χ0) is 17.2. The van der Waals surface area contributed by atoms with Gasteiger partial charge in [-0.2, -0.15) is 5.10 Å². The third-order valence-corrected chi connectivity index (χ3v) is 6.68. The van der Waals surface area contributed by atoms with Crippen LogP contribution in [0.1, 0.15) is 37.3 Å². The molecule has 1 amide bonds. The van der Waals surface area contributed by atoms with E-state index < -0.39 is 0 Å². The largest absolute Gasteiger partial charge is 0.336 e. The van der Waals surface area contributed by atoms with Crippen LogP contribution in [-0.4, -0.2) is 38.4 Å². The number of carbonyl (C=O) groups excluding carboxylic acids is 1. The van der Waals surface area contributed by atoms with Crippen molar-refractivity contribution in [2.45, 2.75) is 49.6 Å². The van der Waals surface area contributed by atoms with Crippen LogP contribution in [-0.2, 0) is 10.5 Å². The normalized spacial score (nSPS) is 25.3. The van der Waals surface area contributed by atoms with Crippen molar-refractivity contribution >= 4 is 33.6 Å². The minimum atomic E-state index is 0.313. The summed E-state index contributed by atoms with van der Waals surface area (Å²) in [6.45, 7) is 0. The zero-order valence-corrected chi connectivity index (χ0v) is 16.5. The van der Waals surface area contributed by atoms with Crippen LogP contribution in [0.5, 0.6) is 0 Å². The van der Waals surface area contributed by atoms with Crippen molar-refractivity contribution in [3.63, 3.8) is 0 Å². The van der Waals surface area contributed by atoms with Gasteiger partial charge in [-0.3, -0.25) is 9.48 Å². The van der Waals surface area contributed by atoms with Gasteiger partial charge in [0.15, 0.2) is 0 Å². The molecule has 2 aromatic rings. The molecule has 1 aromatic carbocycles. The molecule has 4 rings (SSSR count). The summed E-state index contributed by atoms with van der Waals surface area (Å²) >= 11 is 5.20. The van der Waals surface area contributed by atoms with Gasteiger partial charge in [0.2, 0.25) is 5.91 Å². The van der Waals surface area contributed by atoms with E-state index in [2.05, 4.69) is 61.1 Å². The van der Waals surface area contributed by atoms with E-state index in [9.17, 15) is 4.79 Å². The molecule has 2 atom stereocenters. The Morgan fingerprint density at radius 1 is 1.16 bits per heavy atom. The van der Waals surface area contributed by atoms with Gasteiger partial charge in [0.1, 0.15) is 0 Å². The van der Waals surface area contributed by atoms with Gasteiger partial charge in [-0.15, -0.1) is 11.8 Å². The van der Waals surface area contributed by atoms with Crippen LogP contribution in [0.25, 0.3) is 0 Å². The van der Waals surface area contributed by atoms with E-state index in [1.165, 1.54) is 5.56 Å². The van der Waals surface area contributed by atoms with Crippen molar-refractivity contribution in [2.75, 3.05) is 5.75 Å². The van der Waals surface area contributed by atoms with Crippen LogP contribution < -0.4 is 0 Å². The van der Waals surface area contributed by atoms with Crippen LogP contribution in [0, 0.1) is 0 Å². The highest BCUT2D eigenvalue weighted by atomic mass is 79.9. The number of carbonyl (C=O) groups is 1. The summed E-state index contributed by atoms with van der Waals surface area (Å²) in [4.78, 5) is 15.0. The van der Waals surface area contributed by atoms with E-state index in [4.69, 9.17) is 0 Å². The summed E-state index contributed by atoms with van der Waals surface area (Å²) in [5.74, 6) is 1.80. The van der Waals surface area contributed by atoms with Gasteiger partial charge in [0, 0.05) is 24.0 Å². The third-order valence-electron chi connectivity index (χ3n) is 5.28. The molecule has 1 aromatic heterocycles. The summed E-state index contributed by atoms with van der Waals surface area (Å²) in [6.07, 6.45) is 8.23. The number of rotatable bonds is 5. The molecular formula is C19H22BrN3OS. The number of hydrogen-bond donors (Lipinski definition) is 0. The first kappa shape index (κ1) is 17.2. The van der Waals surface area contributed by atoms with Crippen molar-refractivity contribution in [1.29, 1.82) is 0 Å². The molecular weight excluding hydrogens is 398 g/mol. The Labute approximate surface area is 161 Å². The monoisotopic (exact) mass is 419 g/mol. The molecule has 3 heterocycles. The number of aromatic nitrogens is 2. The van der Waals surface area contributed by atoms with Crippen LogP contribution >= 0.6 is 27.7 Å². The topological polar surface area (TPSA) is 38.1 Å². The Morgan fingerprint density at radius 2 is 1.88 bits per heavy atom. The van der Waals surface area contributed by atoms with Gasteiger partial charge in [-0.05, 0) is 47.2 Å². The summed E-state index contributed by atoms with van der Waals surface area (Å²) in [5, 5.41) is 4.45. The Balaban J connectivity index is 1.33. The highest BCUT2D eigenvalue weighted by Gasteiger charge is 2.43. The molecule has 0 N–H and O–H groups in total. The molecule has 6 heteroatoms. The molecule has 0 spiro atoms. The Hall–Kier alpha value is -1.27. The number of nitrogens with zero attached hydrogens (tertiary/aromatic N) is 3. The highest BCUT2D eigenvalue weighted by Crippen LogP contribution is 2.41. The summed E-state index contributed by atoms with van der Waals surface area (Å²) in [7, 11) is 0. The van der Waals surface area contributed by atoms with Crippen molar-refractivity contribution in [3.8, 4) is 0 Å². The maximum absolute atomic E-state index is 12.8. The van der Waals surface area contributed by atoms with Crippen LogP contribution in [0.2, 0.25) is 0 Å². The van der Waals surface area contributed by atoms with Crippen molar-refractivity contribution < 1.29 is 4.79 Å². The zero-order valence-electron chi connectivity index (χ0n) is 14.1. The van der Waals surface area contributed by atoms with Crippen molar-refractivity contribution in [2.24, 2.45) is 0 Å². The predicted molar refractivity (Wildman–Crippen MR) is 104 cm³/mol. The maximum Gasteiger partial charge on any atom is 0.233 e. The number of thioether (sulfide) groups is 1. The lowest BCUT2D eigenvalue weighted by atomic mass is 9.97. The fraction of sp³-hybridized carbons (Fsp3) is 0.474. The van der Waals surface area contributed by atoms with Gasteiger partial charge < -0.3 is 4.90 Å². The van der Waals surface area contributed by atoms with Crippen molar-refractivity contribution in [1.82, 2.24) is 14.7 Å². The average molecular weight is 420 g/mol. The number of benzene rings is 1. The van der Waals surface area contributed by atoms with Gasteiger partial charge in [-0.1, -0.05) is 30.3 Å². The highest BCUT2D eigenvalue weighted by molar-refractivity contribution is 9.10. The van der Waals surface area contributed by atoms with E-state index >= 15 is 0 Å². The van der Waals surface area contributed by atoms with Gasteiger partial charge >= 0.3 is 0 Å². The van der Waals surface area contributed by atoms with E-state index in [1.54, 1.807) is 11.8 Å². The molecule has 2 aliphatic rings. The van der Waals surface area contributed by atoms with E-state index in [1.807, 2.05) is 12.3 Å². The second-order valence-electron chi connectivity index (χ2n) is 6.93. The SMILES string of the molecule is O=C(CSCc1ccccc1)N1C2CCC1CC(n1cc(Br)cn1)C2. The predicted octanol–water partition coefficient (Wildman–Crippen LogP) is 4.27. The minimum absolute atomic E-state index is 0.313. The van der Waals surface area contributed by atoms with E-state index in [0.29, 0.717) is 29.8 Å². The molecule has 0 aliphatic carbocycles. The van der Waals surface area contributed by atoms with E-state index in [-0.39, 0.29) is 0 Å². The molecule has 2 bridgehead atoms. The quantitative estimate of drug-likeness (QED) is 0.725. The fourth-order valence-electron chi connectivity index (χ4n) is 4.19. The van der Waals surface area contributed by atoms with Gasteiger partial charge in [0.05, 0.1) is 22.5 Å². The second-order valence-corrected chi connectivity index (χ2v) is 8.83. The maximum atomic E-state index is 12.8. The summed E-state index contributed by atoms with van der Waals surface area (Å²) in [6, 6.07) is 11.6. The molecule has 0 saturated carbocycles. The first-order valence-corrected chi connectivity index (χ1v) is 10.8. The third kappa shape index (κ3) is 3.80.